The Bertz CT molecular complexity index is 557. The first-order valence-electron chi connectivity index (χ1n) is 5.33. The molecule has 0 saturated heterocycles. The van der Waals surface area contributed by atoms with Crippen LogP contribution in [0.5, 0.6) is 0 Å². The first-order chi connectivity index (χ1) is 9.02. The van der Waals surface area contributed by atoms with E-state index in [4.69, 9.17) is 0 Å². The number of hydrogen-bond donors (Lipinski definition) is 0. The number of hydrogen-bond acceptors (Lipinski definition) is 5. The fourth-order valence-electron chi connectivity index (χ4n) is 1.52. The Balaban J connectivity index is 2.40. The summed E-state index contributed by atoms with van der Waals surface area (Å²) >= 11 is -1.71. The molecular weight excluding hydrogens is 271 g/mol. The zero-order chi connectivity index (χ0) is 14.0. The van der Waals surface area contributed by atoms with Crippen molar-refractivity contribution in [3.05, 3.63) is 47.4 Å². The van der Waals surface area contributed by atoms with Crippen molar-refractivity contribution in [1.29, 1.82) is 0 Å². The number of allylic oxidation sites excluding steroid dienone is 1. The summed E-state index contributed by atoms with van der Waals surface area (Å²) in [6.45, 7) is 0. The Morgan fingerprint density at radius 3 is 2.63 bits per heavy atom. The highest BCUT2D eigenvalue weighted by molar-refractivity contribution is 7.88. The summed E-state index contributed by atoms with van der Waals surface area (Å²) in [6.07, 6.45) is 1.46. The Morgan fingerprint density at radius 1 is 1.42 bits per heavy atom. The molecule has 1 heterocycles. The molecule has 1 atom stereocenters. The molecule has 5 nitrogen and oxygen atoms in total. The molecule has 0 spiro atoms. The molecule has 19 heavy (non-hydrogen) atoms. The minimum Gasteiger partial charge on any atom is -0.566 e. The quantitative estimate of drug-likeness (QED) is 0.604. The van der Waals surface area contributed by atoms with Gasteiger partial charge in [-0.05, 0) is 28.7 Å². The number of carbonyl (C=O) groups excluding carboxylic acids is 1. The lowest BCUT2D eigenvalue weighted by Crippen LogP contribution is -2.33. The van der Waals surface area contributed by atoms with Gasteiger partial charge >= 0.3 is 5.97 Å². The van der Waals surface area contributed by atoms with Gasteiger partial charge in [0, 0.05) is 11.6 Å². The molecule has 0 N–H and O–H groups in total. The van der Waals surface area contributed by atoms with Crippen molar-refractivity contribution in [2.75, 3.05) is 14.2 Å². The van der Waals surface area contributed by atoms with E-state index in [1.165, 1.54) is 48.8 Å². The van der Waals surface area contributed by atoms with Gasteiger partial charge in [0.2, 0.25) is 11.5 Å². The van der Waals surface area contributed by atoms with Gasteiger partial charge in [-0.1, -0.05) is 0 Å². The van der Waals surface area contributed by atoms with Crippen molar-refractivity contribution in [1.82, 2.24) is 4.31 Å². The van der Waals surface area contributed by atoms with Crippen LogP contribution in [0.2, 0.25) is 0 Å². The summed E-state index contributed by atoms with van der Waals surface area (Å²) in [5, 5.41) is 0. The Labute approximate surface area is 112 Å². The van der Waals surface area contributed by atoms with Crippen LogP contribution in [-0.2, 0) is 21.1 Å². The van der Waals surface area contributed by atoms with Gasteiger partial charge in [-0.15, -0.1) is 0 Å². The molecule has 0 aliphatic carbocycles. The highest BCUT2D eigenvalue weighted by Crippen LogP contribution is 2.20. The van der Waals surface area contributed by atoms with Crippen molar-refractivity contribution >= 4 is 23.2 Å². The Kier molecular flexibility index (Phi) is 3.87. The van der Waals surface area contributed by atoms with E-state index in [0.29, 0.717) is 11.3 Å². The second-order valence-electron chi connectivity index (χ2n) is 3.73. The van der Waals surface area contributed by atoms with Crippen molar-refractivity contribution in [2.45, 2.75) is 0 Å². The maximum atomic E-state index is 12.9. The fraction of sp³-hybridized carbons (Fsp3) is 0.167. The van der Waals surface area contributed by atoms with Gasteiger partial charge in [0.1, 0.15) is 11.5 Å². The molecule has 0 saturated carbocycles. The standard InChI is InChI=1S/C12H11FN2O3S/c1-15-11(12(16)18-2)7-10(14-19(15)17)8-3-5-9(13)6-4-8/h3-7H,1-2H3. The molecule has 1 aliphatic heterocycles. The first kappa shape index (κ1) is 13.6. The molecular formula is C12H11FN2O3S. The highest BCUT2D eigenvalue weighted by Gasteiger charge is 2.30. The van der Waals surface area contributed by atoms with E-state index in [1.54, 1.807) is 0 Å². The van der Waals surface area contributed by atoms with E-state index in [1.807, 2.05) is 0 Å². The number of esters is 1. The summed E-state index contributed by atoms with van der Waals surface area (Å²) in [7, 11) is 2.72. The lowest BCUT2D eigenvalue weighted by atomic mass is 10.1. The monoisotopic (exact) mass is 282 g/mol. The van der Waals surface area contributed by atoms with Crippen molar-refractivity contribution in [3.63, 3.8) is 0 Å². The third-order valence-electron chi connectivity index (χ3n) is 2.56. The Morgan fingerprint density at radius 2 is 2.05 bits per heavy atom. The van der Waals surface area contributed by atoms with Gasteiger partial charge in [0.15, 0.2) is 5.70 Å². The van der Waals surface area contributed by atoms with Crippen LogP contribution in [0.4, 0.5) is 4.39 Å². The molecule has 0 bridgehead atoms. The van der Waals surface area contributed by atoms with Gasteiger partial charge < -0.3 is 9.29 Å². The van der Waals surface area contributed by atoms with E-state index in [2.05, 4.69) is 9.13 Å². The van der Waals surface area contributed by atoms with E-state index in [-0.39, 0.29) is 11.5 Å². The van der Waals surface area contributed by atoms with Crippen LogP contribution in [0.25, 0.3) is 0 Å². The van der Waals surface area contributed by atoms with Crippen LogP contribution < -0.4 is 0 Å². The number of rotatable bonds is 2. The van der Waals surface area contributed by atoms with E-state index >= 15 is 0 Å². The Hall–Kier alpha value is -1.86. The van der Waals surface area contributed by atoms with E-state index < -0.39 is 17.5 Å². The molecule has 0 radical (unpaired) electrons. The fourth-order valence-corrected chi connectivity index (χ4v) is 2.27. The molecule has 1 unspecified atom stereocenters. The molecule has 2 rings (SSSR count). The number of benzene rings is 1. The van der Waals surface area contributed by atoms with Gasteiger partial charge in [0.05, 0.1) is 14.2 Å². The summed E-state index contributed by atoms with van der Waals surface area (Å²) < 4.78 is 34.4. The summed E-state index contributed by atoms with van der Waals surface area (Å²) in [5.41, 5.74) is 1.05. The van der Waals surface area contributed by atoms with E-state index in [9.17, 15) is 13.7 Å². The second-order valence-corrected chi connectivity index (χ2v) is 4.92. The number of methoxy groups -OCH3 is 1. The van der Waals surface area contributed by atoms with Gasteiger partial charge in [-0.25, -0.2) is 9.18 Å². The molecule has 0 fully saturated rings. The molecule has 0 aromatic heterocycles. The minimum atomic E-state index is -1.71. The second kappa shape index (κ2) is 5.41. The van der Waals surface area contributed by atoms with Crippen LogP contribution in [0, 0.1) is 5.82 Å². The molecule has 0 amide bonds. The third kappa shape index (κ3) is 2.77. The molecule has 7 heteroatoms. The van der Waals surface area contributed by atoms with Crippen molar-refractivity contribution in [2.24, 2.45) is 4.40 Å². The maximum absolute atomic E-state index is 12.9. The summed E-state index contributed by atoms with van der Waals surface area (Å²) in [5.74, 6) is -0.985. The molecule has 1 aliphatic rings. The van der Waals surface area contributed by atoms with Gasteiger partial charge in [-0.3, -0.25) is 0 Å². The lowest BCUT2D eigenvalue weighted by Gasteiger charge is -2.22. The number of likely N-dealkylation sites (N-methyl/N-ethyl adjacent to an activating group) is 1. The van der Waals surface area contributed by atoms with Crippen LogP contribution in [0.3, 0.4) is 0 Å². The average molecular weight is 282 g/mol. The van der Waals surface area contributed by atoms with Gasteiger partial charge in [0.25, 0.3) is 0 Å². The van der Waals surface area contributed by atoms with Crippen LogP contribution >= 0.6 is 0 Å². The predicted molar refractivity (Wildman–Crippen MR) is 68.9 cm³/mol. The average Bonchev–Trinajstić information content (AvgIpc) is 2.41. The first-order valence-corrected chi connectivity index (χ1v) is 6.39. The number of nitrogens with zero attached hydrogens (tertiary/aromatic N) is 2. The van der Waals surface area contributed by atoms with Crippen molar-refractivity contribution in [3.8, 4) is 0 Å². The van der Waals surface area contributed by atoms with Crippen molar-refractivity contribution < 1.29 is 18.5 Å². The van der Waals surface area contributed by atoms with Crippen LogP contribution in [0.15, 0.2) is 40.4 Å². The normalized spacial score (nSPS) is 18.7. The minimum absolute atomic E-state index is 0.134. The number of halogens is 1. The zero-order valence-electron chi connectivity index (χ0n) is 10.3. The smallest absolute Gasteiger partial charge is 0.359 e. The van der Waals surface area contributed by atoms with Crippen LogP contribution in [0.1, 0.15) is 5.56 Å². The van der Waals surface area contributed by atoms with Gasteiger partial charge in [-0.2, -0.15) is 4.31 Å². The SMILES string of the molecule is COC(=O)C1=CC(c2ccc(F)cc2)=N[S+]([O-])N1C. The third-order valence-corrected chi connectivity index (χ3v) is 3.58. The topological polar surface area (TPSA) is 65.0 Å². The number of ether oxygens (including phenoxy) is 1. The number of carbonyl (C=O) groups is 1. The molecule has 1 aromatic carbocycles. The zero-order valence-corrected chi connectivity index (χ0v) is 11.1. The maximum Gasteiger partial charge on any atom is 0.359 e. The summed E-state index contributed by atoms with van der Waals surface area (Å²) in [4.78, 5) is 11.6. The highest BCUT2D eigenvalue weighted by atomic mass is 32.2. The molecule has 1 aromatic rings. The lowest BCUT2D eigenvalue weighted by molar-refractivity contribution is -0.137. The summed E-state index contributed by atoms with van der Waals surface area (Å²) in [6, 6.07) is 5.54. The van der Waals surface area contributed by atoms with Crippen LogP contribution in [-0.4, -0.2) is 34.7 Å². The predicted octanol–water partition coefficient (Wildman–Crippen LogP) is 1.20. The molecule has 100 valence electrons. The largest absolute Gasteiger partial charge is 0.566 e. The van der Waals surface area contributed by atoms with E-state index in [0.717, 1.165) is 0 Å².